The maximum atomic E-state index is 12.6. The lowest BCUT2D eigenvalue weighted by molar-refractivity contribution is 0.318. The predicted octanol–water partition coefficient (Wildman–Crippen LogP) is 0.679. The van der Waals surface area contributed by atoms with E-state index >= 15 is 0 Å². The van der Waals surface area contributed by atoms with E-state index in [-0.39, 0.29) is 16.7 Å². The van der Waals surface area contributed by atoms with E-state index in [0.29, 0.717) is 31.5 Å². The second-order valence-corrected chi connectivity index (χ2v) is 6.63. The van der Waals surface area contributed by atoms with Gasteiger partial charge in [0.1, 0.15) is 10.6 Å². The van der Waals surface area contributed by atoms with Crippen molar-refractivity contribution in [3.8, 4) is 11.8 Å². The second-order valence-electron chi connectivity index (χ2n) is 4.72. The number of ether oxygens (including phenoxy) is 1. The molecule has 2 rings (SSSR count). The van der Waals surface area contributed by atoms with Gasteiger partial charge in [0.25, 0.3) is 0 Å². The fourth-order valence-electron chi connectivity index (χ4n) is 2.21. The highest BCUT2D eigenvalue weighted by Gasteiger charge is 2.30. The number of hydrogen-bond donors (Lipinski definition) is 1. The largest absolute Gasteiger partial charge is 0.495 e. The number of sulfonamides is 1. The number of nitrogens with zero attached hydrogens (tertiary/aromatic N) is 2. The molecule has 2 N–H and O–H groups in total. The van der Waals surface area contributed by atoms with Crippen LogP contribution < -0.4 is 10.5 Å². The molecule has 1 heterocycles. The zero-order valence-corrected chi connectivity index (χ0v) is 12.1. The number of nitriles is 1. The molecule has 0 bridgehead atoms. The number of hydrogen-bond acceptors (Lipinski definition) is 5. The summed E-state index contributed by atoms with van der Waals surface area (Å²) in [6, 6.07) is 6.35. The molecule has 1 aliphatic rings. The Hall–Kier alpha value is -1.62. The molecule has 0 radical (unpaired) electrons. The molecule has 1 saturated heterocycles. The zero-order valence-electron chi connectivity index (χ0n) is 11.2. The molecular weight excluding hydrogens is 278 g/mol. The number of rotatable bonds is 3. The second kappa shape index (κ2) is 5.79. The average molecular weight is 295 g/mol. The molecular formula is C13H17N3O3S. The summed E-state index contributed by atoms with van der Waals surface area (Å²) in [5.74, 6) is 0.193. The van der Waals surface area contributed by atoms with Crippen LogP contribution in [0, 0.1) is 11.3 Å². The van der Waals surface area contributed by atoms with Gasteiger partial charge in [-0.25, -0.2) is 8.42 Å². The maximum Gasteiger partial charge on any atom is 0.246 e. The Morgan fingerprint density at radius 1 is 1.40 bits per heavy atom. The van der Waals surface area contributed by atoms with Crippen LogP contribution in [0.5, 0.6) is 5.75 Å². The molecule has 0 amide bonds. The van der Waals surface area contributed by atoms with Crippen LogP contribution in [0.4, 0.5) is 0 Å². The van der Waals surface area contributed by atoms with Gasteiger partial charge < -0.3 is 10.5 Å². The van der Waals surface area contributed by atoms with Crippen molar-refractivity contribution in [1.82, 2.24) is 4.31 Å². The molecule has 0 atom stereocenters. The fraction of sp³-hybridized carbons (Fsp3) is 0.462. The lowest BCUT2D eigenvalue weighted by atomic mass is 10.1. The van der Waals surface area contributed by atoms with E-state index in [0.717, 1.165) is 0 Å². The van der Waals surface area contributed by atoms with Crippen molar-refractivity contribution in [2.45, 2.75) is 23.8 Å². The Labute approximate surface area is 118 Å². The van der Waals surface area contributed by atoms with Crippen LogP contribution in [-0.2, 0) is 10.0 Å². The molecule has 0 saturated carbocycles. The van der Waals surface area contributed by atoms with Gasteiger partial charge in [-0.15, -0.1) is 0 Å². The van der Waals surface area contributed by atoms with Gasteiger partial charge in [0.15, 0.2) is 0 Å². The summed E-state index contributed by atoms with van der Waals surface area (Å²) in [5.41, 5.74) is 6.15. The standard InChI is InChI=1S/C13H17N3O3S/c1-19-12-8-10(9-14)2-3-13(12)20(17,18)16-6-4-11(15)5-7-16/h2-3,8,11H,4-7,15H2,1H3. The van der Waals surface area contributed by atoms with Gasteiger partial charge in [0.05, 0.1) is 18.7 Å². The summed E-state index contributed by atoms with van der Waals surface area (Å²) in [6.07, 6.45) is 1.30. The Morgan fingerprint density at radius 2 is 2.05 bits per heavy atom. The number of benzene rings is 1. The van der Waals surface area contributed by atoms with E-state index in [1.54, 1.807) is 0 Å². The summed E-state index contributed by atoms with van der Waals surface area (Å²) in [5, 5.41) is 8.85. The molecule has 1 fully saturated rings. The minimum absolute atomic E-state index is 0.0595. The highest BCUT2D eigenvalue weighted by Crippen LogP contribution is 2.29. The third-order valence-electron chi connectivity index (χ3n) is 3.41. The van der Waals surface area contributed by atoms with E-state index in [1.807, 2.05) is 6.07 Å². The first-order valence-corrected chi connectivity index (χ1v) is 7.77. The van der Waals surface area contributed by atoms with Crippen LogP contribution in [0.3, 0.4) is 0 Å². The third-order valence-corrected chi connectivity index (χ3v) is 5.35. The molecule has 0 aromatic heterocycles. The van der Waals surface area contributed by atoms with Crippen LogP contribution in [-0.4, -0.2) is 39.0 Å². The molecule has 6 nitrogen and oxygen atoms in total. The molecule has 0 unspecified atom stereocenters. The Morgan fingerprint density at radius 3 is 2.60 bits per heavy atom. The smallest absolute Gasteiger partial charge is 0.246 e. The summed E-state index contributed by atoms with van der Waals surface area (Å²) in [4.78, 5) is 0.0921. The van der Waals surface area contributed by atoms with Crippen LogP contribution in [0.15, 0.2) is 23.1 Å². The quantitative estimate of drug-likeness (QED) is 0.884. The van der Waals surface area contributed by atoms with Gasteiger partial charge in [-0.3, -0.25) is 0 Å². The van der Waals surface area contributed by atoms with Crippen molar-refractivity contribution in [2.75, 3.05) is 20.2 Å². The lowest BCUT2D eigenvalue weighted by Gasteiger charge is -2.29. The first kappa shape index (κ1) is 14.8. The van der Waals surface area contributed by atoms with Gasteiger partial charge in [0.2, 0.25) is 10.0 Å². The van der Waals surface area contributed by atoms with Gasteiger partial charge >= 0.3 is 0 Å². The van der Waals surface area contributed by atoms with Crippen LogP contribution >= 0.6 is 0 Å². The van der Waals surface area contributed by atoms with Crippen molar-refractivity contribution in [3.05, 3.63) is 23.8 Å². The monoisotopic (exact) mass is 295 g/mol. The molecule has 1 aromatic rings. The topological polar surface area (TPSA) is 96.4 Å². The van der Waals surface area contributed by atoms with E-state index in [2.05, 4.69) is 0 Å². The minimum atomic E-state index is -3.61. The fourth-order valence-corrected chi connectivity index (χ4v) is 3.81. The molecule has 0 spiro atoms. The Balaban J connectivity index is 2.37. The minimum Gasteiger partial charge on any atom is -0.495 e. The predicted molar refractivity (Wildman–Crippen MR) is 73.7 cm³/mol. The van der Waals surface area contributed by atoms with Gasteiger partial charge in [-0.05, 0) is 31.0 Å². The average Bonchev–Trinajstić information content (AvgIpc) is 2.46. The summed E-state index contributed by atoms with van der Waals surface area (Å²) in [6.45, 7) is 0.819. The first-order valence-electron chi connectivity index (χ1n) is 6.33. The summed E-state index contributed by atoms with van der Waals surface area (Å²) in [7, 11) is -2.22. The van der Waals surface area contributed by atoms with Crippen LogP contribution in [0.1, 0.15) is 18.4 Å². The van der Waals surface area contributed by atoms with Gasteiger partial charge in [-0.1, -0.05) is 0 Å². The van der Waals surface area contributed by atoms with Crippen molar-refractivity contribution in [2.24, 2.45) is 5.73 Å². The molecule has 20 heavy (non-hydrogen) atoms. The summed E-state index contributed by atoms with van der Waals surface area (Å²) < 4.78 is 31.7. The Bertz CT molecular complexity index is 629. The van der Waals surface area contributed by atoms with E-state index < -0.39 is 10.0 Å². The van der Waals surface area contributed by atoms with Gasteiger partial charge in [-0.2, -0.15) is 9.57 Å². The maximum absolute atomic E-state index is 12.6. The van der Waals surface area contributed by atoms with E-state index in [9.17, 15) is 8.42 Å². The highest BCUT2D eigenvalue weighted by molar-refractivity contribution is 7.89. The molecule has 7 heteroatoms. The molecule has 1 aromatic carbocycles. The van der Waals surface area contributed by atoms with Crippen molar-refractivity contribution in [3.63, 3.8) is 0 Å². The number of piperidine rings is 1. The third kappa shape index (κ3) is 2.77. The lowest BCUT2D eigenvalue weighted by Crippen LogP contribution is -2.42. The number of nitrogens with two attached hydrogens (primary N) is 1. The van der Waals surface area contributed by atoms with Crippen molar-refractivity contribution < 1.29 is 13.2 Å². The first-order chi connectivity index (χ1) is 9.48. The normalized spacial score (nSPS) is 17.6. The van der Waals surface area contributed by atoms with Crippen molar-refractivity contribution in [1.29, 1.82) is 5.26 Å². The molecule has 1 aliphatic heterocycles. The van der Waals surface area contributed by atoms with Crippen LogP contribution in [0.2, 0.25) is 0 Å². The Kier molecular flexibility index (Phi) is 4.28. The van der Waals surface area contributed by atoms with Crippen LogP contribution in [0.25, 0.3) is 0 Å². The summed E-state index contributed by atoms with van der Waals surface area (Å²) >= 11 is 0. The van der Waals surface area contributed by atoms with E-state index in [4.69, 9.17) is 15.7 Å². The van der Waals surface area contributed by atoms with E-state index in [1.165, 1.54) is 29.6 Å². The molecule has 108 valence electrons. The molecule has 0 aliphatic carbocycles. The number of methoxy groups -OCH3 is 1. The van der Waals surface area contributed by atoms with Crippen molar-refractivity contribution >= 4 is 10.0 Å². The van der Waals surface area contributed by atoms with Gasteiger partial charge in [0, 0.05) is 19.1 Å². The zero-order chi connectivity index (χ0) is 14.8. The highest BCUT2D eigenvalue weighted by atomic mass is 32.2. The SMILES string of the molecule is COc1cc(C#N)ccc1S(=O)(=O)N1CCC(N)CC1.